The molecule has 0 heterocycles. The van der Waals surface area contributed by atoms with Crippen LogP contribution in [-0.2, 0) is 0 Å². The number of nitrogens with two attached hydrogens (primary N) is 1. The van der Waals surface area contributed by atoms with E-state index in [-0.39, 0.29) is 0 Å². The van der Waals surface area contributed by atoms with Crippen LogP contribution in [0.4, 0.5) is 4.79 Å². The van der Waals surface area contributed by atoms with Crippen LogP contribution >= 0.6 is 0 Å². The lowest BCUT2D eigenvalue weighted by atomic mass is 9.69. The first-order chi connectivity index (χ1) is 8.82. The molecule has 0 aliphatic heterocycles. The van der Waals surface area contributed by atoms with Crippen molar-refractivity contribution in [3.05, 3.63) is 11.1 Å². The summed E-state index contributed by atoms with van der Waals surface area (Å²) in [6.07, 6.45) is 3.23. The van der Waals surface area contributed by atoms with Crippen molar-refractivity contribution in [2.75, 3.05) is 0 Å². The predicted molar refractivity (Wildman–Crippen MR) is 79.9 cm³/mol. The van der Waals surface area contributed by atoms with Crippen molar-refractivity contribution in [3.8, 4) is 0 Å². The summed E-state index contributed by atoms with van der Waals surface area (Å²) in [6.45, 7) is 11.1. The van der Waals surface area contributed by atoms with Gasteiger partial charge in [0, 0.05) is 5.71 Å². The van der Waals surface area contributed by atoms with Gasteiger partial charge in [0.15, 0.2) is 0 Å². The van der Waals surface area contributed by atoms with Crippen LogP contribution in [0.25, 0.3) is 0 Å². The molecule has 3 unspecified atom stereocenters. The molecule has 0 aromatic carbocycles. The van der Waals surface area contributed by atoms with Crippen molar-refractivity contribution < 1.29 is 4.79 Å². The number of allylic oxidation sites excluding steroid dienone is 2. The Morgan fingerprint density at radius 1 is 1.42 bits per heavy atom. The van der Waals surface area contributed by atoms with Gasteiger partial charge in [-0.15, -0.1) is 0 Å². The van der Waals surface area contributed by atoms with E-state index in [1.165, 1.54) is 6.42 Å². The van der Waals surface area contributed by atoms with Crippen molar-refractivity contribution in [1.82, 2.24) is 5.43 Å². The van der Waals surface area contributed by atoms with Crippen LogP contribution in [0.5, 0.6) is 0 Å². The summed E-state index contributed by atoms with van der Waals surface area (Å²) >= 11 is 0. The van der Waals surface area contributed by atoms with E-state index in [4.69, 9.17) is 5.73 Å². The lowest BCUT2D eigenvalue weighted by Crippen LogP contribution is -2.27. The van der Waals surface area contributed by atoms with E-state index < -0.39 is 6.03 Å². The first-order valence-corrected chi connectivity index (χ1v) is 7.07. The molecule has 1 rings (SSSR count). The molecular formula is C15H27N3O. The third-order valence-corrected chi connectivity index (χ3v) is 4.55. The average Bonchev–Trinajstić information content (AvgIpc) is 2.33. The molecule has 1 aliphatic rings. The van der Waals surface area contributed by atoms with Crippen molar-refractivity contribution >= 4 is 11.7 Å². The molecule has 4 heteroatoms. The maximum absolute atomic E-state index is 10.6. The van der Waals surface area contributed by atoms with E-state index in [1.807, 2.05) is 6.92 Å². The Morgan fingerprint density at radius 2 is 2.05 bits per heavy atom. The number of nitrogens with zero attached hydrogens (tertiary/aromatic N) is 1. The first kappa shape index (κ1) is 15.7. The summed E-state index contributed by atoms with van der Waals surface area (Å²) in [6, 6.07) is -0.604. The Balaban J connectivity index is 2.58. The van der Waals surface area contributed by atoms with Gasteiger partial charge in [0.2, 0.25) is 0 Å². The number of hydrogen-bond acceptors (Lipinski definition) is 2. The quantitative estimate of drug-likeness (QED) is 0.456. The van der Waals surface area contributed by atoms with E-state index in [1.54, 1.807) is 11.1 Å². The van der Waals surface area contributed by atoms with E-state index in [0.717, 1.165) is 24.5 Å². The van der Waals surface area contributed by atoms with Crippen LogP contribution in [0.2, 0.25) is 0 Å². The Morgan fingerprint density at radius 3 is 2.63 bits per heavy atom. The van der Waals surface area contributed by atoms with Gasteiger partial charge < -0.3 is 5.73 Å². The van der Waals surface area contributed by atoms with Gasteiger partial charge >= 0.3 is 6.03 Å². The number of hydrazone groups is 1. The van der Waals surface area contributed by atoms with Gasteiger partial charge in [-0.2, -0.15) is 5.10 Å². The van der Waals surface area contributed by atoms with Gasteiger partial charge in [0.1, 0.15) is 0 Å². The minimum Gasteiger partial charge on any atom is -0.350 e. The van der Waals surface area contributed by atoms with E-state index in [2.05, 4.69) is 38.2 Å². The lowest BCUT2D eigenvalue weighted by molar-refractivity contribution is 0.245. The predicted octanol–water partition coefficient (Wildman–Crippen LogP) is 3.44. The van der Waals surface area contributed by atoms with Gasteiger partial charge in [-0.05, 0) is 57.8 Å². The summed E-state index contributed by atoms with van der Waals surface area (Å²) in [5.74, 6) is 2.05. The van der Waals surface area contributed by atoms with Crippen molar-refractivity contribution in [2.45, 2.75) is 53.9 Å². The molecule has 2 amide bonds. The Hall–Kier alpha value is -1.32. The maximum atomic E-state index is 10.6. The SMILES string of the molecule is CC1=C(C)C(C)C(CC/C(C)=N/NC(N)=O)C(C)C1. The molecule has 0 bridgehead atoms. The highest BCUT2D eigenvalue weighted by atomic mass is 16.2. The number of carbonyl (C=O) groups is 1. The molecule has 0 spiro atoms. The largest absolute Gasteiger partial charge is 0.350 e. The number of hydrogen-bond donors (Lipinski definition) is 2. The second-order valence-corrected chi connectivity index (χ2v) is 5.96. The number of amides is 2. The van der Waals surface area contributed by atoms with E-state index in [9.17, 15) is 4.79 Å². The number of carbonyl (C=O) groups excluding carboxylic acids is 1. The zero-order valence-electron chi connectivity index (χ0n) is 12.8. The Kier molecular flexibility index (Phi) is 5.58. The highest BCUT2D eigenvalue weighted by Gasteiger charge is 2.29. The molecule has 4 nitrogen and oxygen atoms in total. The number of urea groups is 1. The molecule has 19 heavy (non-hydrogen) atoms. The molecule has 0 saturated carbocycles. The summed E-state index contributed by atoms with van der Waals surface area (Å²) in [5, 5.41) is 3.97. The summed E-state index contributed by atoms with van der Waals surface area (Å²) in [5.41, 5.74) is 11.3. The molecule has 0 saturated heterocycles. The van der Waals surface area contributed by atoms with Gasteiger partial charge in [-0.25, -0.2) is 10.2 Å². The van der Waals surface area contributed by atoms with E-state index >= 15 is 0 Å². The number of nitrogens with one attached hydrogen (secondary N) is 1. The molecule has 0 radical (unpaired) electrons. The van der Waals surface area contributed by atoms with Crippen molar-refractivity contribution in [2.24, 2.45) is 28.6 Å². The Labute approximate surface area is 116 Å². The molecule has 0 aromatic rings. The number of primary amides is 1. The number of rotatable bonds is 4. The van der Waals surface area contributed by atoms with Crippen LogP contribution in [0, 0.1) is 17.8 Å². The molecule has 108 valence electrons. The third-order valence-electron chi connectivity index (χ3n) is 4.55. The van der Waals surface area contributed by atoms with Crippen LogP contribution < -0.4 is 11.2 Å². The van der Waals surface area contributed by atoms with Gasteiger partial charge in [-0.1, -0.05) is 25.0 Å². The molecule has 0 aromatic heterocycles. The lowest BCUT2D eigenvalue weighted by Gasteiger charge is -2.36. The van der Waals surface area contributed by atoms with Crippen molar-refractivity contribution in [3.63, 3.8) is 0 Å². The van der Waals surface area contributed by atoms with Crippen LogP contribution in [0.1, 0.15) is 53.9 Å². The molecule has 0 fully saturated rings. The van der Waals surface area contributed by atoms with Crippen LogP contribution in [0.15, 0.2) is 16.2 Å². The fourth-order valence-electron chi connectivity index (χ4n) is 3.11. The van der Waals surface area contributed by atoms with Crippen LogP contribution in [-0.4, -0.2) is 11.7 Å². The monoisotopic (exact) mass is 265 g/mol. The van der Waals surface area contributed by atoms with E-state index in [0.29, 0.717) is 11.8 Å². The normalized spacial score (nSPS) is 28.5. The molecule has 3 N–H and O–H groups in total. The second kappa shape index (κ2) is 6.73. The fraction of sp³-hybridized carbons (Fsp3) is 0.733. The minimum absolute atomic E-state index is 0.604. The van der Waals surface area contributed by atoms with Gasteiger partial charge in [-0.3, -0.25) is 0 Å². The first-order valence-electron chi connectivity index (χ1n) is 7.07. The fourth-order valence-corrected chi connectivity index (χ4v) is 3.11. The Bertz CT molecular complexity index is 398. The smallest absolute Gasteiger partial charge is 0.332 e. The average molecular weight is 265 g/mol. The second-order valence-electron chi connectivity index (χ2n) is 5.96. The topological polar surface area (TPSA) is 67.5 Å². The molecule has 1 aliphatic carbocycles. The summed E-state index contributed by atoms with van der Waals surface area (Å²) < 4.78 is 0. The molecule has 3 atom stereocenters. The van der Waals surface area contributed by atoms with Gasteiger partial charge in [0.25, 0.3) is 0 Å². The standard InChI is InChI=1S/C15H27N3O/c1-9-8-10(2)14(13(5)12(9)4)7-6-11(3)17-18-15(16)19/h10,13-14H,6-8H2,1-5H3,(H3,16,18,19)/b17-11+. The minimum atomic E-state index is -0.604. The van der Waals surface area contributed by atoms with Gasteiger partial charge in [0.05, 0.1) is 0 Å². The third kappa shape index (κ3) is 4.37. The summed E-state index contributed by atoms with van der Waals surface area (Å²) in [4.78, 5) is 10.6. The maximum Gasteiger partial charge on any atom is 0.332 e. The van der Waals surface area contributed by atoms with Crippen molar-refractivity contribution in [1.29, 1.82) is 0 Å². The summed E-state index contributed by atoms with van der Waals surface area (Å²) in [7, 11) is 0. The highest BCUT2D eigenvalue weighted by Crippen LogP contribution is 2.40. The zero-order valence-corrected chi connectivity index (χ0v) is 12.8. The van der Waals surface area contributed by atoms with Crippen LogP contribution in [0.3, 0.4) is 0 Å². The molecular weight excluding hydrogens is 238 g/mol. The highest BCUT2D eigenvalue weighted by molar-refractivity contribution is 5.83. The zero-order chi connectivity index (χ0) is 14.6.